The Bertz CT molecular complexity index is 213. The highest BCUT2D eigenvalue weighted by Gasteiger charge is 2.36. The molecule has 1 unspecified atom stereocenters. The number of nitrogens with zero attached hydrogens (tertiary/aromatic N) is 1. The molecule has 0 saturated heterocycles. The van der Waals surface area contributed by atoms with Crippen LogP contribution in [0.5, 0.6) is 0 Å². The first-order valence-corrected chi connectivity index (χ1v) is 3.79. The van der Waals surface area contributed by atoms with Gasteiger partial charge in [0, 0.05) is 25.2 Å². The van der Waals surface area contributed by atoms with E-state index in [2.05, 4.69) is 0 Å². The van der Waals surface area contributed by atoms with Crippen LogP contribution in [0.1, 0.15) is 20.3 Å². The highest BCUT2D eigenvalue weighted by Crippen LogP contribution is 2.19. The Labute approximate surface area is 75.3 Å². The number of rotatable bonds is 5. The molecule has 0 heterocycles. The molecule has 0 saturated carbocycles. The van der Waals surface area contributed by atoms with Crippen molar-refractivity contribution in [2.24, 2.45) is 5.92 Å². The van der Waals surface area contributed by atoms with E-state index in [0.29, 0.717) is 0 Å². The summed E-state index contributed by atoms with van der Waals surface area (Å²) in [5.41, 5.74) is -1.31. The van der Waals surface area contributed by atoms with Crippen molar-refractivity contribution < 1.29 is 19.9 Å². The summed E-state index contributed by atoms with van der Waals surface area (Å²) in [6.07, 6.45) is -0.175. The Kier molecular flexibility index (Phi) is 3.80. The minimum Gasteiger partial charge on any atom is -0.481 e. The average Bonchev–Trinajstić information content (AvgIpc) is 1.99. The van der Waals surface area contributed by atoms with Crippen LogP contribution in [0.3, 0.4) is 0 Å². The van der Waals surface area contributed by atoms with Gasteiger partial charge in [-0.15, -0.1) is 0 Å². The molecule has 0 aromatic heterocycles. The smallest absolute Gasteiger partial charge is 0.309 e. The van der Waals surface area contributed by atoms with Gasteiger partial charge >= 0.3 is 5.97 Å². The lowest BCUT2D eigenvalue weighted by molar-refractivity contribution is -0.562. The molecular formula is C7H13NO5. The van der Waals surface area contributed by atoms with Crippen LogP contribution in [0.25, 0.3) is 0 Å². The second-order valence-corrected chi connectivity index (χ2v) is 3.49. The maximum Gasteiger partial charge on any atom is 0.309 e. The van der Waals surface area contributed by atoms with Gasteiger partial charge < -0.3 is 10.2 Å². The van der Waals surface area contributed by atoms with Crippen molar-refractivity contribution in [1.82, 2.24) is 0 Å². The largest absolute Gasteiger partial charge is 0.481 e. The summed E-state index contributed by atoms with van der Waals surface area (Å²) in [6, 6.07) is 0. The Morgan fingerprint density at radius 3 is 2.31 bits per heavy atom. The maximum atomic E-state index is 10.4. The number of carboxylic acids is 1. The van der Waals surface area contributed by atoms with Crippen LogP contribution in [-0.2, 0) is 4.79 Å². The minimum atomic E-state index is -1.31. The third-order valence-corrected chi connectivity index (χ3v) is 1.81. The van der Waals surface area contributed by atoms with Gasteiger partial charge in [0.2, 0.25) is 5.54 Å². The molecule has 0 spiro atoms. The Hall–Kier alpha value is -1.17. The van der Waals surface area contributed by atoms with Gasteiger partial charge in [0.15, 0.2) is 0 Å². The summed E-state index contributed by atoms with van der Waals surface area (Å²) in [6.45, 7) is 2.09. The first kappa shape index (κ1) is 11.8. The predicted octanol–water partition coefficient (Wildman–Crippen LogP) is 0.125. The molecule has 6 heteroatoms. The van der Waals surface area contributed by atoms with E-state index in [9.17, 15) is 14.9 Å². The molecule has 0 amide bonds. The van der Waals surface area contributed by atoms with Crippen molar-refractivity contribution in [1.29, 1.82) is 0 Å². The van der Waals surface area contributed by atoms with Crippen molar-refractivity contribution in [3.05, 3.63) is 10.1 Å². The third kappa shape index (κ3) is 3.37. The topological polar surface area (TPSA) is 101 Å². The quantitative estimate of drug-likeness (QED) is 0.475. The molecule has 0 rings (SSSR count). The Morgan fingerprint density at radius 1 is 1.62 bits per heavy atom. The first-order chi connectivity index (χ1) is 5.81. The lowest BCUT2D eigenvalue weighted by Gasteiger charge is -2.18. The molecule has 6 nitrogen and oxygen atoms in total. The van der Waals surface area contributed by atoms with Gasteiger partial charge in [-0.25, -0.2) is 0 Å². The Morgan fingerprint density at radius 2 is 2.08 bits per heavy atom. The van der Waals surface area contributed by atoms with E-state index in [1.54, 1.807) is 0 Å². The number of aliphatic hydroxyl groups is 1. The number of aliphatic carboxylic acids is 1. The molecule has 0 aliphatic heterocycles. The number of carbonyl (C=O) groups is 1. The van der Waals surface area contributed by atoms with Gasteiger partial charge in [-0.05, 0) is 0 Å². The number of hydrogen-bond donors (Lipinski definition) is 2. The molecule has 0 fully saturated rings. The van der Waals surface area contributed by atoms with Gasteiger partial charge in [-0.3, -0.25) is 14.9 Å². The molecular weight excluding hydrogens is 178 g/mol. The molecule has 0 aliphatic rings. The normalized spacial score (nSPS) is 13.8. The van der Waals surface area contributed by atoms with E-state index < -0.39 is 29.0 Å². The molecule has 0 aromatic carbocycles. The van der Waals surface area contributed by atoms with Crippen molar-refractivity contribution in [2.45, 2.75) is 25.8 Å². The summed E-state index contributed by atoms with van der Waals surface area (Å²) in [5, 5.41) is 27.6. The summed E-state index contributed by atoms with van der Waals surface area (Å²) < 4.78 is 0. The van der Waals surface area contributed by atoms with Crippen molar-refractivity contribution in [3.8, 4) is 0 Å². The zero-order valence-electron chi connectivity index (χ0n) is 7.56. The van der Waals surface area contributed by atoms with Crippen molar-refractivity contribution in [3.63, 3.8) is 0 Å². The Balaban J connectivity index is 4.39. The van der Waals surface area contributed by atoms with Gasteiger partial charge in [0.25, 0.3) is 0 Å². The number of hydrogen-bond acceptors (Lipinski definition) is 4. The molecule has 2 N–H and O–H groups in total. The molecule has 1 atom stereocenters. The fourth-order valence-electron chi connectivity index (χ4n) is 0.907. The van der Waals surface area contributed by atoms with Gasteiger partial charge in [0.1, 0.15) is 0 Å². The zero-order chi connectivity index (χ0) is 10.6. The number of aliphatic hydroxyl groups excluding tert-OH is 1. The summed E-state index contributed by atoms with van der Waals surface area (Å²) in [7, 11) is 0. The van der Waals surface area contributed by atoms with Crippen LogP contribution in [0.15, 0.2) is 0 Å². The van der Waals surface area contributed by atoms with E-state index in [0.717, 1.165) is 0 Å². The second-order valence-electron chi connectivity index (χ2n) is 3.49. The maximum absolute atomic E-state index is 10.4. The van der Waals surface area contributed by atoms with Crippen LogP contribution in [0.4, 0.5) is 0 Å². The highest BCUT2D eigenvalue weighted by atomic mass is 16.6. The van der Waals surface area contributed by atoms with Gasteiger partial charge in [-0.1, -0.05) is 0 Å². The van der Waals surface area contributed by atoms with Crippen LogP contribution in [0, 0.1) is 16.0 Å². The van der Waals surface area contributed by atoms with Gasteiger partial charge in [0.05, 0.1) is 12.5 Å². The summed E-state index contributed by atoms with van der Waals surface area (Å²) >= 11 is 0. The van der Waals surface area contributed by atoms with Crippen LogP contribution in [0.2, 0.25) is 0 Å². The summed E-state index contributed by atoms with van der Waals surface area (Å²) in [5.74, 6) is -2.28. The first-order valence-electron chi connectivity index (χ1n) is 3.79. The molecule has 0 aromatic rings. The zero-order valence-corrected chi connectivity index (χ0v) is 7.56. The molecule has 76 valence electrons. The summed E-state index contributed by atoms with van der Waals surface area (Å²) in [4.78, 5) is 20.3. The van der Waals surface area contributed by atoms with E-state index in [1.807, 2.05) is 0 Å². The van der Waals surface area contributed by atoms with Gasteiger partial charge in [-0.2, -0.15) is 0 Å². The lowest BCUT2D eigenvalue weighted by Crippen LogP contribution is -2.36. The molecule has 0 aliphatic carbocycles. The van der Waals surface area contributed by atoms with Crippen LogP contribution >= 0.6 is 0 Å². The number of carboxylic acid groups (broad SMARTS) is 1. The fourth-order valence-corrected chi connectivity index (χ4v) is 0.907. The lowest BCUT2D eigenvalue weighted by atomic mass is 9.92. The van der Waals surface area contributed by atoms with Crippen molar-refractivity contribution >= 4 is 5.97 Å². The van der Waals surface area contributed by atoms with Crippen LogP contribution < -0.4 is 0 Å². The number of nitro groups is 1. The highest BCUT2D eigenvalue weighted by molar-refractivity contribution is 5.70. The predicted molar refractivity (Wildman–Crippen MR) is 43.9 cm³/mol. The van der Waals surface area contributed by atoms with E-state index in [4.69, 9.17) is 10.2 Å². The minimum absolute atomic E-state index is 0.175. The SMILES string of the molecule is CC(C)(CC(CO)C(=O)O)[N+](=O)[O-]. The monoisotopic (exact) mass is 191 g/mol. The van der Waals surface area contributed by atoms with E-state index >= 15 is 0 Å². The second kappa shape index (κ2) is 4.18. The van der Waals surface area contributed by atoms with Crippen LogP contribution in [-0.4, -0.2) is 33.3 Å². The van der Waals surface area contributed by atoms with E-state index in [-0.39, 0.29) is 6.42 Å². The third-order valence-electron chi connectivity index (χ3n) is 1.81. The molecule has 13 heavy (non-hydrogen) atoms. The van der Waals surface area contributed by atoms with Crippen molar-refractivity contribution in [2.75, 3.05) is 6.61 Å². The average molecular weight is 191 g/mol. The molecule has 0 bridgehead atoms. The van der Waals surface area contributed by atoms with E-state index in [1.165, 1.54) is 13.8 Å². The fraction of sp³-hybridized carbons (Fsp3) is 0.857. The standard InChI is InChI=1S/C7H13NO5/c1-7(2,8(12)13)3-5(4-9)6(10)11/h5,9H,3-4H2,1-2H3,(H,10,11). The molecule has 0 radical (unpaired) electrons.